The average Bonchev–Trinajstić information content (AvgIpc) is 3.08. The van der Waals surface area contributed by atoms with E-state index < -0.39 is 18.5 Å². The molecule has 7 nitrogen and oxygen atoms in total. The maximum absolute atomic E-state index is 12.9. The van der Waals surface area contributed by atoms with E-state index in [0.29, 0.717) is 17.8 Å². The van der Waals surface area contributed by atoms with Crippen LogP contribution in [0.1, 0.15) is 36.2 Å². The molecule has 3 atom stereocenters. The summed E-state index contributed by atoms with van der Waals surface area (Å²) in [5.41, 5.74) is 2.34. The van der Waals surface area contributed by atoms with E-state index in [1.165, 1.54) is 17.0 Å². The molecule has 7 heteroatoms. The molecular weight excluding hydrogens is 420 g/mol. The molecule has 1 fully saturated rings. The van der Waals surface area contributed by atoms with Crippen molar-refractivity contribution in [2.45, 2.75) is 26.7 Å². The molecule has 0 unspecified atom stereocenters. The van der Waals surface area contributed by atoms with Gasteiger partial charge in [-0.3, -0.25) is 19.3 Å². The van der Waals surface area contributed by atoms with Crippen LogP contribution in [0.5, 0.6) is 0 Å². The summed E-state index contributed by atoms with van der Waals surface area (Å²) in [6, 6.07) is 13.5. The Morgan fingerprint density at radius 2 is 1.79 bits per heavy atom. The molecule has 2 aromatic rings. The number of benzene rings is 2. The van der Waals surface area contributed by atoms with Crippen LogP contribution in [0.25, 0.3) is 0 Å². The number of carbonyl (C=O) groups excluding carboxylic acids is 4. The van der Waals surface area contributed by atoms with Gasteiger partial charge in [-0.2, -0.15) is 0 Å². The molecule has 3 amide bonds. The Labute approximate surface area is 192 Å². The quantitative estimate of drug-likeness (QED) is 0.415. The van der Waals surface area contributed by atoms with Gasteiger partial charge in [0.2, 0.25) is 11.8 Å². The lowest BCUT2D eigenvalue weighted by atomic mass is 9.78. The van der Waals surface area contributed by atoms with Crippen LogP contribution in [0.3, 0.4) is 0 Å². The summed E-state index contributed by atoms with van der Waals surface area (Å²) in [5, 5.41) is 2.75. The van der Waals surface area contributed by atoms with Crippen molar-refractivity contribution in [1.82, 2.24) is 0 Å². The molecule has 4 rings (SSSR count). The number of rotatable bonds is 6. The summed E-state index contributed by atoms with van der Waals surface area (Å²) in [4.78, 5) is 51.5. The molecule has 1 heterocycles. The van der Waals surface area contributed by atoms with Gasteiger partial charge in [-0.1, -0.05) is 44.2 Å². The predicted molar refractivity (Wildman–Crippen MR) is 124 cm³/mol. The van der Waals surface area contributed by atoms with Gasteiger partial charge in [0.1, 0.15) is 0 Å². The first-order valence-electron chi connectivity index (χ1n) is 11.1. The molecule has 0 radical (unpaired) electrons. The molecule has 0 saturated carbocycles. The molecule has 2 aliphatic rings. The number of anilines is 2. The second-order valence-corrected chi connectivity index (χ2v) is 8.35. The number of imide groups is 1. The van der Waals surface area contributed by atoms with Crippen LogP contribution in [0, 0.1) is 17.8 Å². The third-order valence-electron chi connectivity index (χ3n) is 6.24. The lowest BCUT2D eigenvalue weighted by molar-refractivity contribution is -0.123. The van der Waals surface area contributed by atoms with Crippen molar-refractivity contribution in [3.05, 3.63) is 71.8 Å². The minimum Gasteiger partial charge on any atom is -0.452 e. The van der Waals surface area contributed by atoms with Crippen LogP contribution in [-0.2, 0) is 25.5 Å². The van der Waals surface area contributed by atoms with Gasteiger partial charge in [-0.15, -0.1) is 0 Å². The molecule has 170 valence electrons. The zero-order chi connectivity index (χ0) is 23.5. The first-order chi connectivity index (χ1) is 15.9. The lowest BCUT2D eigenvalue weighted by Crippen LogP contribution is -2.31. The summed E-state index contributed by atoms with van der Waals surface area (Å²) in [6.07, 6.45) is 5.26. The molecule has 0 bridgehead atoms. The van der Waals surface area contributed by atoms with Crippen molar-refractivity contribution < 1.29 is 23.9 Å². The van der Waals surface area contributed by atoms with Crippen molar-refractivity contribution >= 4 is 35.1 Å². The fourth-order valence-corrected chi connectivity index (χ4v) is 4.50. The van der Waals surface area contributed by atoms with E-state index in [1.54, 1.807) is 18.2 Å². The van der Waals surface area contributed by atoms with Crippen molar-refractivity contribution in [3.8, 4) is 0 Å². The molecule has 1 saturated heterocycles. The monoisotopic (exact) mass is 446 g/mol. The van der Waals surface area contributed by atoms with Crippen molar-refractivity contribution in [1.29, 1.82) is 0 Å². The number of hydrogen-bond acceptors (Lipinski definition) is 5. The van der Waals surface area contributed by atoms with Gasteiger partial charge in [-0.05, 0) is 54.7 Å². The van der Waals surface area contributed by atoms with Crippen molar-refractivity contribution in [3.63, 3.8) is 0 Å². The van der Waals surface area contributed by atoms with E-state index in [-0.39, 0.29) is 35.1 Å². The number of nitrogens with zero attached hydrogens (tertiary/aromatic N) is 1. The number of amides is 3. The van der Waals surface area contributed by atoms with Crippen LogP contribution in [0.4, 0.5) is 11.4 Å². The molecule has 0 spiro atoms. The first-order valence-corrected chi connectivity index (χ1v) is 11.1. The highest BCUT2D eigenvalue weighted by molar-refractivity contribution is 6.22. The van der Waals surface area contributed by atoms with E-state index in [9.17, 15) is 19.2 Å². The fourth-order valence-electron chi connectivity index (χ4n) is 4.50. The van der Waals surface area contributed by atoms with Crippen molar-refractivity contribution in [2.75, 3.05) is 16.8 Å². The van der Waals surface area contributed by atoms with E-state index >= 15 is 0 Å². The Balaban J connectivity index is 1.37. The third kappa shape index (κ3) is 4.44. The maximum atomic E-state index is 12.9. The summed E-state index contributed by atoms with van der Waals surface area (Å²) in [7, 11) is 0. The van der Waals surface area contributed by atoms with Gasteiger partial charge >= 0.3 is 5.97 Å². The van der Waals surface area contributed by atoms with Gasteiger partial charge < -0.3 is 10.1 Å². The number of para-hydroxylation sites is 1. The highest BCUT2D eigenvalue weighted by Crippen LogP contribution is 2.40. The Morgan fingerprint density at radius 3 is 2.48 bits per heavy atom. The first kappa shape index (κ1) is 22.5. The Bertz CT molecular complexity index is 1120. The van der Waals surface area contributed by atoms with Crippen LogP contribution in [0.15, 0.2) is 60.7 Å². The molecule has 1 N–H and O–H groups in total. The molecule has 1 aliphatic carbocycles. The van der Waals surface area contributed by atoms with E-state index in [1.807, 2.05) is 44.2 Å². The number of esters is 1. The van der Waals surface area contributed by atoms with Crippen LogP contribution in [-0.4, -0.2) is 30.3 Å². The number of nitrogens with one attached hydrogen (secondary N) is 1. The number of allylic oxidation sites excluding steroid dienone is 2. The van der Waals surface area contributed by atoms with Crippen LogP contribution >= 0.6 is 0 Å². The zero-order valence-corrected chi connectivity index (χ0v) is 18.6. The fraction of sp³-hybridized carbons (Fsp3) is 0.308. The van der Waals surface area contributed by atoms with Crippen LogP contribution < -0.4 is 10.2 Å². The van der Waals surface area contributed by atoms with Crippen LogP contribution in [0.2, 0.25) is 0 Å². The van der Waals surface area contributed by atoms with E-state index in [0.717, 1.165) is 12.0 Å². The highest BCUT2D eigenvalue weighted by Gasteiger charge is 2.50. The summed E-state index contributed by atoms with van der Waals surface area (Å²) < 4.78 is 5.13. The molecule has 2 aromatic carbocycles. The highest BCUT2D eigenvalue weighted by atomic mass is 16.5. The molecule has 0 aromatic heterocycles. The SMILES string of the molecule is CCc1ccccc1NC(=O)COC(=O)c1ccc(N2C(=O)[C@H]3[C@@H](C)C=CC[C@H]3C2=O)cc1. The normalized spacial score (nSPS) is 21.6. The second-order valence-electron chi connectivity index (χ2n) is 8.35. The minimum absolute atomic E-state index is 0.00916. The Hall–Kier alpha value is -3.74. The largest absolute Gasteiger partial charge is 0.452 e. The Kier molecular flexibility index (Phi) is 6.40. The summed E-state index contributed by atoms with van der Waals surface area (Å²) in [5.74, 6) is -2.18. The number of ether oxygens (including phenoxy) is 1. The lowest BCUT2D eigenvalue weighted by Gasteiger charge is -2.22. The van der Waals surface area contributed by atoms with Crippen molar-refractivity contribution in [2.24, 2.45) is 17.8 Å². The van der Waals surface area contributed by atoms with E-state index in [2.05, 4.69) is 5.32 Å². The number of fused-ring (bicyclic) bond motifs is 1. The maximum Gasteiger partial charge on any atom is 0.338 e. The molecule has 1 aliphatic heterocycles. The standard InChI is InChI=1S/C26H26N2O5/c1-3-17-8-4-5-10-21(17)27-22(29)15-33-26(32)18-11-13-19(14-12-18)28-24(30)20-9-6-7-16(2)23(20)25(28)31/h4-8,10-14,16,20,23H,3,9,15H2,1-2H3,(H,27,29)/t16-,20+,23-/m0/s1. The number of aryl methyl sites for hydroxylation is 1. The number of hydrogen-bond donors (Lipinski definition) is 1. The topological polar surface area (TPSA) is 92.8 Å². The smallest absolute Gasteiger partial charge is 0.338 e. The van der Waals surface area contributed by atoms with Gasteiger partial charge in [-0.25, -0.2) is 4.79 Å². The predicted octanol–water partition coefficient (Wildman–Crippen LogP) is 3.75. The zero-order valence-electron chi connectivity index (χ0n) is 18.6. The second kappa shape index (κ2) is 9.40. The summed E-state index contributed by atoms with van der Waals surface area (Å²) in [6.45, 7) is 3.51. The van der Waals surface area contributed by atoms with Gasteiger partial charge in [0, 0.05) is 5.69 Å². The van der Waals surface area contributed by atoms with Gasteiger partial charge in [0.15, 0.2) is 6.61 Å². The minimum atomic E-state index is -0.661. The average molecular weight is 447 g/mol. The third-order valence-corrected chi connectivity index (χ3v) is 6.24. The summed E-state index contributed by atoms with van der Waals surface area (Å²) >= 11 is 0. The van der Waals surface area contributed by atoms with Gasteiger partial charge in [0.25, 0.3) is 5.91 Å². The molecular formula is C26H26N2O5. The number of carbonyl (C=O) groups is 4. The Morgan fingerprint density at radius 1 is 1.06 bits per heavy atom. The van der Waals surface area contributed by atoms with E-state index in [4.69, 9.17) is 4.74 Å². The molecule has 33 heavy (non-hydrogen) atoms. The van der Waals surface area contributed by atoms with Gasteiger partial charge in [0.05, 0.1) is 23.1 Å².